The summed E-state index contributed by atoms with van der Waals surface area (Å²) in [4.78, 5) is 10.5. The molecule has 0 atom stereocenters. The lowest BCUT2D eigenvalue weighted by Crippen LogP contribution is -2.42. The van der Waals surface area contributed by atoms with Crippen LogP contribution in [0.5, 0.6) is 0 Å². The molecule has 2 N–H and O–H groups in total. The topological polar surface area (TPSA) is 57.5 Å². The minimum Gasteiger partial charge on any atom is -0.481 e. The van der Waals surface area contributed by atoms with Gasteiger partial charge < -0.3 is 10.2 Å². The molecule has 3 nitrogen and oxygen atoms in total. The van der Waals surface area contributed by atoms with Crippen LogP contribution >= 0.6 is 0 Å². The molecule has 0 aromatic rings. The van der Waals surface area contributed by atoms with E-state index in [-0.39, 0.29) is 18.3 Å². The Hall–Kier alpha value is -0.570. The molecular weight excluding hydrogens is 156 g/mol. The van der Waals surface area contributed by atoms with E-state index >= 15 is 0 Å². The van der Waals surface area contributed by atoms with Gasteiger partial charge in [0, 0.05) is 0 Å². The zero-order chi connectivity index (χ0) is 9.94. The van der Waals surface area contributed by atoms with Crippen LogP contribution in [0.3, 0.4) is 0 Å². The van der Waals surface area contributed by atoms with Crippen LogP contribution in [-0.4, -0.2) is 21.8 Å². The zero-order valence-corrected chi connectivity index (χ0v) is 8.16. The largest absolute Gasteiger partial charge is 0.481 e. The van der Waals surface area contributed by atoms with Crippen molar-refractivity contribution < 1.29 is 15.0 Å². The molecule has 0 bridgehead atoms. The van der Waals surface area contributed by atoms with E-state index in [0.717, 1.165) is 0 Å². The van der Waals surface area contributed by atoms with Gasteiger partial charge >= 0.3 is 5.97 Å². The van der Waals surface area contributed by atoms with E-state index in [4.69, 9.17) is 5.11 Å². The molecule has 0 aliphatic carbocycles. The minimum atomic E-state index is -1.08. The van der Waals surface area contributed by atoms with Crippen molar-refractivity contribution in [2.24, 2.45) is 11.8 Å². The second-order valence-corrected chi connectivity index (χ2v) is 3.87. The van der Waals surface area contributed by atoms with Gasteiger partial charge in [-0.2, -0.15) is 0 Å². The Balaban J connectivity index is 4.51. The predicted octanol–water partition coefficient (Wildman–Crippen LogP) is 1.50. The number of aliphatic hydroxyl groups is 1. The first kappa shape index (κ1) is 11.4. The quantitative estimate of drug-likeness (QED) is 0.679. The molecule has 0 aromatic carbocycles. The SMILES string of the molecule is CC(C)C(O)(CC(=O)O)C(C)C. The van der Waals surface area contributed by atoms with Crippen molar-refractivity contribution >= 4 is 5.97 Å². The monoisotopic (exact) mass is 174 g/mol. The first-order valence-corrected chi connectivity index (χ1v) is 4.25. The molecule has 0 fully saturated rings. The van der Waals surface area contributed by atoms with E-state index in [1.165, 1.54) is 0 Å². The first-order chi connectivity index (χ1) is 5.30. The lowest BCUT2D eigenvalue weighted by atomic mass is 9.78. The van der Waals surface area contributed by atoms with Crippen LogP contribution in [0.2, 0.25) is 0 Å². The van der Waals surface area contributed by atoms with Crippen molar-refractivity contribution in [3.8, 4) is 0 Å². The molecular formula is C9H18O3. The number of carboxylic acid groups (broad SMARTS) is 1. The van der Waals surface area contributed by atoms with Gasteiger partial charge in [-0.05, 0) is 11.8 Å². The van der Waals surface area contributed by atoms with Crippen molar-refractivity contribution in [2.75, 3.05) is 0 Å². The maximum atomic E-state index is 10.5. The number of rotatable bonds is 4. The van der Waals surface area contributed by atoms with Crippen molar-refractivity contribution in [3.05, 3.63) is 0 Å². The number of carboxylic acids is 1. The van der Waals surface area contributed by atoms with E-state index in [9.17, 15) is 9.90 Å². The van der Waals surface area contributed by atoms with Gasteiger partial charge in [0.05, 0.1) is 12.0 Å². The van der Waals surface area contributed by atoms with E-state index in [0.29, 0.717) is 0 Å². The fraction of sp³-hybridized carbons (Fsp3) is 0.889. The number of hydrogen-bond donors (Lipinski definition) is 2. The summed E-state index contributed by atoms with van der Waals surface area (Å²) in [6.07, 6.45) is -0.178. The van der Waals surface area contributed by atoms with Crippen LogP contribution in [0, 0.1) is 11.8 Å². The van der Waals surface area contributed by atoms with Gasteiger partial charge in [-0.3, -0.25) is 4.79 Å². The third kappa shape index (κ3) is 2.48. The molecule has 0 saturated heterocycles. The Morgan fingerprint density at radius 2 is 1.58 bits per heavy atom. The Labute approximate surface area is 73.4 Å². The minimum absolute atomic E-state index is 0.0337. The first-order valence-electron chi connectivity index (χ1n) is 4.25. The highest BCUT2D eigenvalue weighted by Crippen LogP contribution is 2.29. The van der Waals surface area contributed by atoms with E-state index < -0.39 is 11.6 Å². The van der Waals surface area contributed by atoms with E-state index in [2.05, 4.69) is 0 Å². The van der Waals surface area contributed by atoms with Crippen LogP contribution in [0.4, 0.5) is 0 Å². The van der Waals surface area contributed by atoms with Crippen LogP contribution in [0.1, 0.15) is 34.1 Å². The molecule has 0 saturated carbocycles. The van der Waals surface area contributed by atoms with Crippen molar-refractivity contribution in [1.29, 1.82) is 0 Å². The average molecular weight is 174 g/mol. The second-order valence-electron chi connectivity index (χ2n) is 3.87. The summed E-state index contributed by atoms with van der Waals surface area (Å²) in [7, 11) is 0. The Kier molecular flexibility index (Phi) is 3.71. The average Bonchev–Trinajstić information content (AvgIpc) is 1.84. The molecule has 0 amide bonds. The Bertz CT molecular complexity index is 153. The summed E-state index contributed by atoms with van der Waals surface area (Å²) in [6, 6.07) is 0. The van der Waals surface area contributed by atoms with Crippen molar-refractivity contribution in [2.45, 2.75) is 39.7 Å². The fourth-order valence-electron chi connectivity index (χ4n) is 1.32. The molecule has 0 aromatic heterocycles. The van der Waals surface area contributed by atoms with Gasteiger partial charge in [-0.15, -0.1) is 0 Å². The van der Waals surface area contributed by atoms with Gasteiger partial charge in [-0.1, -0.05) is 27.7 Å². The van der Waals surface area contributed by atoms with Gasteiger partial charge in [0.1, 0.15) is 0 Å². The maximum absolute atomic E-state index is 10.5. The van der Waals surface area contributed by atoms with Crippen LogP contribution < -0.4 is 0 Å². The van der Waals surface area contributed by atoms with Gasteiger partial charge in [0.25, 0.3) is 0 Å². The molecule has 0 radical (unpaired) electrons. The smallest absolute Gasteiger partial charge is 0.306 e. The summed E-state index contributed by atoms with van der Waals surface area (Å²) in [5.41, 5.74) is -1.08. The molecule has 0 spiro atoms. The number of carbonyl (C=O) groups is 1. The molecule has 3 heteroatoms. The van der Waals surface area contributed by atoms with Gasteiger partial charge in [0.2, 0.25) is 0 Å². The number of hydrogen-bond acceptors (Lipinski definition) is 2. The van der Waals surface area contributed by atoms with Crippen LogP contribution in [-0.2, 0) is 4.79 Å². The molecule has 0 aliphatic rings. The molecule has 72 valence electrons. The van der Waals surface area contributed by atoms with Gasteiger partial charge in [-0.25, -0.2) is 0 Å². The van der Waals surface area contributed by atoms with Crippen molar-refractivity contribution in [3.63, 3.8) is 0 Å². The molecule has 0 aliphatic heterocycles. The summed E-state index contributed by atoms with van der Waals surface area (Å²) >= 11 is 0. The van der Waals surface area contributed by atoms with Crippen LogP contribution in [0.25, 0.3) is 0 Å². The summed E-state index contributed by atoms with van der Waals surface area (Å²) in [5, 5.41) is 18.5. The second kappa shape index (κ2) is 3.90. The molecule has 0 unspecified atom stereocenters. The highest BCUT2D eigenvalue weighted by Gasteiger charge is 2.36. The standard InChI is InChI=1S/C9H18O3/c1-6(2)9(12,7(3)4)5-8(10)11/h6-7,12H,5H2,1-4H3,(H,10,11). The molecule has 12 heavy (non-hydrogen) atoms. The van der Waals surface area contributed by atoms with Crippen molar-refractivity contribution in [1.82, 2.24) is 0 Å². The van der Waals surface area contributed by atoms with E-state index in [1.807, 2.05) is 27.7 Å². The lowest BCUT2D eigenvalue weighted by molar-refractivity contribution is -0.147. The zero-order valence-electron chi connectivity index (χ0n) is 8.16. The third-order valence-electron chi connectivity index (χ3n) is 2.43. The van der Waals surface area contributed by atoms with Crippen LogP contribution in [0.15, 0.2) is 0 Å². The maximum Gasteiger partial charge on any atom is 0.306 e. The lowest BCUT2D eigenvalue weighted by Gasteiger charge is -2.34. The highest BCUT2D eigenvalue weighted by atomic mass is 16.4. The Morgan fingerprint density at radius 1 is 1.25 bits per heavy atom. The van der Waals surface area contributed by atoms with E-state index in [1.54, 1.807) is 0 Å². The summed E-state index contributed by atoms with van der Waals surface area (Å²) in [5.74, 6) is -1.01. The molecule has 0 rings (SSSR count). The summed E-state index contributed by atoms with van der Waals surface area (Å²) < 4.78 is 0. The Morgan fingerprint density at radius 3 is 1.67 bits per heavy atom. The third-order valence-corrected chi connectivity index (χ3v) is 2.43. The number of aliphatic carboxylic acids is 1. The molecule has 0 heterocycles. The highest BCUT2D eigenvalue weighted by molar-refractivity contribution is 5.68. The van der Waals surface area contributed by atoms with Gasteiger partial charge in [0.15, 0.2) is 0 Å². The summed E-state index contributed by atoms with van der Waals surface area (Å²) in [6.45, 7) is 7.34. The normalized spacial score (nSPS) is 12.6. The predicted molar refractivity (Wildman–Crippen MR) is 46.9 cm³/mol. The fourth-order valence-corrected chi connectivity index (χ4v) is 1.32.